The lowest BCUT2D eigenvalue weighted by Gasteiger charge is -2.32. The molecule has 0 aromatic heterocycles. The van der Waals surface area contributed by atoms with Crippen LogP contribution in [0.3, 0.4) is 0 Å². The maximum Gasteiger partial charge on any atom is 0.269 e. The first-order chi connectivity index (χ1) is 15.9. The van der Waals surface area contributed by atoms with Crippen LogP contribution in [0.2, 0.25) is 0 Å². The van der Waals surface area contributed by atoms with Crippen LogP contribution in [0.5, 0.6) is 0 Å². The number of hydrogen-bond donors (Lipinski definition) is 2. The lowest BCUT2D eigenvalue weighted by atomic mass is 9.95. The zero-order valence-corrected chi connectivity index (χ0v) is 18.0. The van der Waals surface area contributed by atoms with Crippen molar-refractivity contribution in [1.82, 2.24) is 10.2 Å². The van der Waals surface area contributed by atoms with Crippen molar-refractivity contribution >= 4 is 28.3 Å². The number of carbonyl (C=O) groups excluding carboxylic acids is 2. The molecule has 1 aliphatic heterocycles. The van der Waals surface area contributed by atoms with Gasteiger partial charge in [0.25, 0.3) is 11.6 Å². The predicted octanol–water partition coefficient (Wildman–Crippen LogP) is 3.45. The topological polar surface area (TPSA) is 113 Å². The summed E-state index contributed by atoms with van der Waals surface area (Å²) >= 11 is 0. The van der Waals surface area contributed by atoms with E-state index >= 15 is 0 Å². The number of rotatable bonds is 6. The summed E-state index contributed by atoms with van der Waals surface area (Å²) in [5.74, 6) is -0.664. The largest absolute Gasteiger partial charge is 0.387 e. The van der Waals surface area contributed by atoms with Crippen LogP contribution >= 0.6 is 0 Å². The summed E-state index contributed by atoms with van der Waals surface area (Å²) < 4.78 is 0. The first-order valence-electron chi connectivity index (χ1n) is 10.9. The molecule has 3 aromatic carbocycles. The van der Waals surface area contributed by atoms with Gasteiger partial charge in [0, 0.05) is 37.3 Å². The summed E-state index contributed by atoms with van der Waals surface area (Å²) in [6, 6.07) is 19.0. The zero-order chi connectivity index (χ0) is 23.4. The maximum absolute atomic E-state index is 13.2. The second-order valence-corrected chi connectivity index (χ2v) is 8.23. The molecule has 170 valence electrons. The molecule has 3 aromatic rings. The molecule has 2 amide bonds. The van der Waals surface area contributed by atoms with Crippen molar-refractivity contribution in [3.05, 3.63) is 88.0 Å². The number of aliphatic hydroxyl groups excluding tert-OH is 1. The van der Waals surface area contributed by atoms with Gasteiger partial charge in [0.1, 0.15) is 0 Å². The van der Waals surface area contributed by atoms with Crippen LogP contribution in [0.25, 0.3) is 10.8 Å². The SMILES string of the molecule is O=C(NCC(O)c1ccc([N+](=O)[O-])cc1)C1CCCN(C(=O)c2cccc3ccccc23)C1. The number of nitrogens with zero attached hydrogens (tertiary/aromatic N) is 2. The monoisotopic (exact) mass is 447 g/mol. The lowest BCUT2D eigenvalue weighted by Crippen LogP contribution is -2.46. The Kier molecular flexibility index (Phi) is 6.65. The summed E-state index contributed by atoms with van der Waals surface area (Å²) in [4.78, 5) is 37.9. The Balaban J connectivity index is 1.37. The average molecular weight is 447 g/mol. The molecule has 0 saturated carbocycles. The Bertz CT molecular complexity index is 1170. The number of non-ortho nitro benzene ring substituents is 1. The smallest absolute Gasteiger partial charge is 0.269 e. The Morgan fingerprint density at radius 1 is 1.09 bits per heavy atom. The van der Waals surface area contributed by atoms with E-state index in [1.54, 1.807) is 4.90 Å². The van der Waals surface area contributed by atoms with E-state index < -0.39 is 11.0 Å². The van der Waals surface area contributed by atoms with Crippen LogP contribution in [0.4, 0.5) is 5.69 Å². The molecule has 0 spiro atoms. The Morgan fingerprint density at radius 3 is 2.58 bits per heavy atom. The summed E-state index contributed by atoms with van der Waals surface area (Å²) in [5, 5.41) is 25.7. The Hall–Kier alpha value is -3.78. The minimum atomic E-state index is -0.980. The molecular formula is C25H25N3O5. The maximum atomic E-state index is 13.2. The van der Waals surface area contributed by atoms with E-state index in [0.717, 1.165) is 17.2 Å². The van der Waals surface area contributed by atoms with Crippen molar-refractivity contribution in [2.45, 2.75) is 18.9 Å². The van der Waals surface area contributed by atoms with Gasteiger partial charge >= 0.3 is 0 Å². The van der Waals surface area contributed by atoms with Crippen LogP contribution in [-0.2, 0) is 4.79 Å². The number of likely N-dealkylation sites (tertiary alicyclic amines) is 1. The highest BCUT2D eigenvalue weighted by atomic mass is 16.6. The van der Waals surface area contributed by atoms with Gasteiger partial charge in [0.05, 0.1) is 16.9 Å². The molecule has 1 heterocycles. The Labute approximate surface area is 191 Å². The number of hydrogen-bond acceptors (Lipinski definition) is 5. The molecule has 0 aliphatic carbocycles. The van der Waals surface area contributed by atoms with Gasteiger partial charge in [0.2, 0.25) is 5.91 Å². The van der Waals surface area contributed by atoms with E-state index in [4.69, 9.17) is 0 Å². The minimum absolute atomic E-state index is 0.00951. The average Bonchev–Trinajstić information content (AvgIpc) is 2.86. The molecular weight excluding hydrogens is 422 g/mol. The molecule has 4 rings (SSSR count). The summed E-state index contributed by atoms with van der Waals surface area (Å²) in [7, 11) is 0. The summed E-state index contributed by atoms with van der Waals surface area (Å²) in [5.41, 5.74) is 1.05. The fourth-order valence-electron chi connectivity index (χ4n) is 4.24. The molecule has 8 heteroatoms. The van der Waals surface area contributed by atoms with E-state index in [-0.39, 0.29) is 30.0 Å². The van der Waals surface area contributed by atoms with Crippen LogP contribution < -0.4 is 5.32 Å². The molecule has 1 fully saturated rings. The fourth-order valence-corrected chi connectivity index (χ4v) is 4.24. The lowest BCUT2D eigenvalue weighted by molar-refractivity contribution is -0.384. The second kappa shape index (κ2) is 9.79. The highest BCUT2D eigenvalue weighted by molar-refractivity contribution is 6.07. The number of fused-ring (bicyclic) bond motifs is 1. The molecule has 1 aliphatic rings. The number of aliphatic hydroxyl groups is 1. The Morgan fingerprint density at radius 2 is 1.82 bits per heavy atom. The molecule has 1 saturated heterocycles. The van der Waals surface area contributed by atoms with Crippen LogP contribution in [0.15, 0.2) is 66.7 Å². The van der Waals surface area contributed by atoms with Gasteiger partial charge in [-0.15, -0.1) is 0 Å². The highest BCUT2D eigenvalue weighted by Crippen LogP contribution is 2.24. The first kappa shape index (κ1) is 22.4. The van der Waals surface area contributed by atoms with Gasteiger partial charge in [-0.25, -0.2) is 0 Å². The van der Waals surface area contributed by atoms with Crippen molar-refractivity contribution < 1.29 is 19.6 Å². The molecule has 2 unspecified atom stereocenters. The quantitative estimate of drug-likeness (QED) is 0.444. The number of benzene rings is 3. The van der Waals surface area contributed by atoms with Crippen LogP contribution in [-0.4, -0.2) is 46.4 Å². The number of carbonyl (C=O) groups is 2. The van der Waals surface area contributed by atoms with E-state index in [9.17, 15) is 24.8 Å². The zero-order valence-electron chi connectivity index (χ0n) is 18.0. The van der Waals surface area contributed by atoms with Gasteiger partial charge in [0.15, 0.2) is 0 Å². The van der Waals surface area contributed by atoms with E-state index in [1.807, 2.05) is 42.5 Å². The number of amides is 2. The van der Waals surface area contributed by atoms with Crippen LogP contribution in [0, 0.1) is 16.0 Å². The van der Waals surface area contributed by atoms with Gasteiger partial charge in [-0.2, -0.15) is 0 Å². The third-order valence-corrected chi connectivity index (χ3v) is 6.06. The van der Waals surface area contributed by atoms with Crippen molar-refractivity contribution in [1.29, 1.82) is 0 Å². The predicted molar refractivity (Wildman–Crippen MR) is 124 cm³/mol. The van der Waals surface area contributed by atoms with E-state index in [1.165, 1.54) is 24.3 Å². The van der Waals surface area contributed by atoms with Gasteiger partial charge in [-0.3, -0.25) is 19.7 Å². The van der Waals surface area contributed by atoms with Gasteiger partial charge < -0.3 is 15.3 Å². The van der Waals surface area contributed by atoms with Crippen molar-refractivity contribution in [3.8, 4) is 0 Å². The van der Waals surface area contributed by atoms with Crippen molar-refractivity contribution in [3.63, 3.8) is 0 Å². The number of nitro groups is 1. The standard InChI is InChI=1S/C25H25N3O5/c29-23(18-10-12-20(13-11-18)28(32)33)15-26-24(30)19-7-4-14-27(16-19)25(31)22-9-3-6-17-5-1-2-8-21(17)22/h1-3,5-6,8-13,19,23,29H,4,7,14-16H2,(H,26,30). The third kappa shape index (κ3) is 5.01. The number of nitro benzene ring substituents is 1. The molecule has 0 radical (unpaired) electrons. The minimum Gasteiger partial charge on any atom is -0.387 e. The molecule has 2 atom stereocenters. The van der Waals surface area contributed by atoms with E-state index in [0.29, 0.717) is 30.6 Å². The second-order valence-electron chi connectivity index (χ2n) is 8.23. The molecule has 8 nitrogen and oxygen atoms in total. The van der Waals surface area contributed by atoms with Gasteiger partial charge in [-0.05, 0) is 47.4 Å². The van der Waals surface area contributed by atoms with Gasteiger partial charge in [-0.1, -0.05) is 36.4 Å². The molecule has 2 N–H and O–H groups in total. The van der Waals surface area contributed by atoms with Crippen molar-refractivity contribution in [2.75, 3.05) is 19.6 Å². The summed E-state index contributed by atoms with van der Waals surface area (Å²) in [6.07, 6.45) is 0.407. The third-order valence-electron chi connectivity index (χ3n) is 6.06. The highest BCUT2D eigenvalue weighted by Gasteiger charge is 2.29. The number of nitrogens with one attached hydrogen (secondary N) is 1. The molecule has 0 bridgehead atoms. The number of piperidine rings is 1. The normalized spacial score (nSPS) is 16.9. The van der Waals surface area contributed by atoms with Crippen molar-refractivity contribution in [2.24, 2.45) is 5.92 Å². The first-order valence-corrected chi connectivity index (χ1v) is 10.9. The van der Waals surface area contributed by atoms with E-state index in [2.05, 4.69) is 5.32 Å². The fraction of sp³-hybridized carbons (Fsp3) is 0.280. The molecule has 33 heavy (non-hydrogen) atoms. The van der Waals surface area contributed by atoms with Crippen LogP contribution in [0.1, 0.15) is 34.9 Å². The summed E-state index contributed by atoms with van der Waals surface area (Å²) in [6.45, 7) is 0.906.